The quantitative estimate of drug-likeness (QED) is 0.735. The lowest BCUT2D eigenvalue weighted by Gasteiger charge is -2.39. The van der Waals surface area contributed by atoms with Crippen LogP contribution in [0.15, 0.2) is 0 Å². The SMILES string of the molecule is COCC1(C(=O)N2CCCNCC2)CCNCC1. The van der Waals surface area contributed by atoms with Crippen LogP contribution in [-0.4, -0.2) is 63.8 Å². The maximum Gasteiger partial charge on any atom is 0.231 e. The number of carbonyl (C=O) groups excluding carboxylic acids is 1. The number of ether oxygens (including phenoxy) is 1. The fourth-order valence-corrected chi connectivity index (χ4v) is 2.99. The van der Waals surface area contributed by atoms with Crippen LogP contribution in [0.25, 0.3) is 0 Å². The van der Waals surface area contributed by atoms with E-state index in [0.29, 0.717) is 12.5 Å². The Morgan fingerprint density at radius 1 is 1.17 bits per heavy atom. The first-order valence-electron chi connectivity index (χ1n) is 6.98. The summed E-state index contributed by atoms with van der Waals surface area (Å²) in [5, 5.41) is 6.67. The fraction of sp³-hybridized carbons (Fsp3) is 0.923. The second-order valence-corrected chi connectivity index (χ2v) is 5.36. The van der Waals surface area contributed by atoms with Crippen LogP contribution in [0.5, 0.6) is 0 Å². The average Bonchev–Trinajstić information content (AvgIpc) is 2.68. The first-order chi connectivity index (χ1) is 8.78. The van der Waals surface area contributed by atoms with E-state index in [1.165, 1.54) is 0 Å². The fourth-order valence-electron chi connectivity index (χ4n) is 2.99. The number of nitrogens with zero attached hydrogens (tertiary/aromatic N) is 1. The van der Waals surface area contributed by atoms with Crippen LogP contribution in [-0.2, 0) is 9.53 Å². The molecule has 5 nitrogen and oxygen atoms in total. The Kier molecular flexibility index (Phi) is 4.97. The van der Waals surface area contributed by atoms with Gasteiger partial charge in [-0.2, -0.15) is 0 Å². The van der Waals surface area contributed by atoms with Gasteiger partial charge >= 0.3 is 0 Å². The van der Waals surface area contributed by atoms with Crippen molar-refractivity contribution in [1.82, 2.24) is 15.5 Å². The standard InChI is InChI=1S/C13H25N3O2/c1-18-11-13(3-6-15-7-4-13)12(17)16-9-2-5-14-8-10-16/h14-15H,2-11H2,1H3. The lowest BCUT2D eigenvalue weighted by Crippen LogP contribution is -2.52. The van der Waals surface area contributed by atoms with E-state index in [4.69, 9.17) is 4.74 Å². The summed E-state index contributed by atoms with van der Waals surface area (Å²) in [5.41, 5.74) is -0.287. The number of nitrogens with one attached hydrogen (secondary N) is 2. The van der Waals surface area contributed by atoms with Crippen LogP contribution in [0.4, 0.5) is 0 Å². The Bertz CT molecular complexity index is 264. The molecule has 0 aromatic carbocycles. The molecule has 0 aliphatic carbocycles. The molecule has 5 heteroatoms. The van der Waals surface area contributed by atoms with Gasteiger partial charge in [0.15, 0.2) is 0 Å². The zero-order valence-electron chi connectivity index (χ0n) is 11.3. The Hall–Kier alpha value is -0.650. The Labute approximate surface area is 109 Å². The number of carbonyl (C=O) groups is 1. The molecule has 104 valence electrons. The van der Waals surface area contributed by atoms with Gasteiger partial charge in [0.2, 0.25) is 5.91 Å². The van der Waals surface area contributed by atoms with E-state index in [2.05, 4.69) is 10.6 Å². The highest BCUT2D eigenvalue weighted by Crippen LogP contribution is 2.31. The van der Waals surface area contributed by atoms with E-state index < -0.39 is 0 Å². The minimum Gasteiger partial charge on any atom is -0.384 e. The number of amides is 1. The highest BCUT2D eigenvalue weighted by molar-refractivity contribution is 5.83. The maximum absolute atomic E-state index is 12.8. The number of hydrogen-bond donors (Lipinski definition) is 2. The molecule has 0 saturated carbocycles. The second-order valence-electron chi connectivity index (χ2n) is 5.36. The van der Waals surface area contributed by atoms with Crippen molar-refractivity contribution in [2.45, 2.75) is 19.3 Å². The molecule has 0 spiro atoms. The van der Waals surface area contributed by atoms with Crippen LogP contribution in [0.1, 0.15) is 19.3 Å². The molecule has 18 heavy (non-hydrogen) atoms. The van der Waals surface area contributed by atoms with E-state index >= 15 is 0 Å². The van der Waals surface area contributed by atoms with Crippen LogP contribution < -0.4 is 10.6 Å². The van der Waals surface area contributed by atoms with Gasteiger partial charge in [-0.1, -0.05) is 0 Å². The second kappa shape index (κ2) is 6.50. The van der Waals surface area contributed by atoms with E-state index in [9.17, 15) is 4.79 Å². The molecule has 2 rings (SSSR count). The van der Waals surface area contributed by atoms with Gasteiger partial charge in [-0.3, -0.25) is 4.79 Å². The van der Waals surface area contributed by atoms with Crippen molar-refractivity contribution in [3.63, 3.8) is 0 Å². The molecule has 2 aliphatic rings. The van der Waals surface area contributed by atoms with Crippen LogP contribution in [0.2, 0.25) is 0 Å². The number of rotatable bonds is 3. The summed E-state index contributed by atoms with van der Waals surface area (Å²) < 4.78 is 5.34. The molecule has 0 aromatic heterocycles. The monoisotopic (exact) mass is 255 g/mol. The smallest absolute Gasteiger partial charge is 0.231 e. The van der Waals surface area contributed by atoms with Gasteiger partial charge in [0.1, 0.15) is 0 Å². The molecule has 2 aliphatic heterocycles. The number of methoxy groups -OCH3 is 1. The van der Waals surface area contributed by atoms with Gasteiger partial charge in [-0.15, -0.1) is 0 Å². The first kappa shape index (κ1) is 13.8. The third-order valence-electron chi connectivity index (χ3n) is 4.06. The highest BCUT2D eigenvalue weighted by atomic mass is 16.5. The molecule has 2 fully saturated rings. The maximum atomic E-state index is 12.8. The van der Waals surface area contributed by atoms with Crippen LogP contribution >= 0.6 is 0 Å². The number of hydrogen-bond acceptors (Lipinski definition) is 4. The summed E-state index contributed by atoms with van der Waals surface area (Å²) >= 11 is 0. The van der Waals surface area contributed by atoms with Crippen molar-refractivity contribution in [2.75, 3.05) is 53.0 Å². The van der Waals surface area contributed by atoms with Crippen molar-refractivity contribution in [3.8, 4) is 0 Å². The Morgan fingerprint density at radius 2 is 1.89 bits per heavy atom. The topological polar surface area (TPSA) is 53.6 Å². The normalized spacial score (nSPS) is 24.6. The summed E-state index contributed by atoms with van der Waals surface area (Å²) in [6.07, 6.45) is 2.83. The van der Waals surface area contributed by atoms with Crippen molar-refractivity contribution in [3.05, 3.63) is 0 Å². The first-order valence-corrected chi connectivity index (χ1v) is 6.98. The summed E-state index contributed by atoms with van der Waals surface area (Å²) in [5.74, 6) is 0.301. The molecule has 0 unspecified atom stereocenters. The van der Waals surface area contributed by atoms with E-state index in [1.54, 1.807) is 7.11 Å². The van der Waals surface area contributed by atoms with E-state index in [1.807, 2.05) is 4.90 Å². The Balaban J connectivity index is 2.06. The molecule has 2 N–H and O–H groups in total. The van der Waals surface area contributed by atoms with Crippen molar-refractivity contribution in [2.24, 2.45) is 5.41 Å². The molecule has 1 amide bonds. The zero-order valence-corrected chi connectivity index (χ0v) is 11.3. The summed E-state index contributed by atoms with van der Waals surface area (Å²) in [4.78, 5) is 14.8. The predicted octanol–water partition coefficient (Wildman–Crippen LogP) is -0.175. The summed E-state index contributed by atoms with van der Waals surface area (Å²) in [6, 6.07) is 0. The molecular weight excluding hydrogens is 230 g/mol. The zero-order chi connectivity index (χ0) is 12.8. The Morgan fingerprint density at radius 3 is 2.61 bits per heavy atom. The van der Waals surface area contributed by atoms with Gasteiger partial charge < -0.3 is 20.3 Å². The molecule has 0 aromatic rings. The van der Waals surface area contributed by atoms with Crippen LogP contribution in [0, 0.1) is 5.41 Å². The van der Waals surface area contributed by atoms with Gasteiger partial charge in [0, 0.05) is 26.7 Å². The lowest BCUT2D eigenvalue weighted by atomic mass is 9.78. The van der Waals surface area contributed by atoms with Gasteiger partial charge in [0.25, 0.3) is 0 Å². The van der Waals surface area contributed by atoms with Gasteiger partial charge in [-0.05, 0) is 38.9 Å². The summed E-state index contributed by atoms with van der Waals surface area (Å²) in [7, 11) is 1.70. The van der Waals surface area contributed by atoms with Gasteiger partial charge in [-0.25, -0.2) is 0 Å². The summed E-state index contributed by atoms with van der Waals surface area (Å²) in [6.45, 7) is 6.03. The predicted molar refractivity (Wildman–Crippen MR) is 70.5 cm³/mol. The molecule has 2 heterocycles. The van der Waals surface area contributed by atoms with Crippen molar-refractivity contribution in [1.29, 1.82) is 0 Å². The molecule has 0 atom stereocenters. The minimum atomic E-state index is -0.287. The van der Waals surface area contributed by atoms with Crippen molar-refractivity contribution < 1.29 is 9.53 Å². The third-order valence-corrected chi connectivity index (χ3v) is 4.06. The highest BCUT2D eigenvalue weighted by Gasteiger charge is 2.42. The lowest BCUT2D eigenvalue weighted by molar-refractivity contribution is -0.147. The van der Waals surface area contributed by atoms with Crippen molar-refractivity contribution >= 4 is 5.91 Å². The molecular formula is C13H25N3O2. The van der Waals surface area contributed by atoms with Gasteiger partial charge in [0.05, 0.1) is 12.0 Å². The largest absolute Gasteiger partial charge is 0.384 e. The van der Waals surface area contributed by atoms with E-state index in [-0.39, 0.29) is 5.41 Å². The molecule has 0 radical (unpaired) electrons. The third kappa shape index (κ3) is 3.02. The minimum absolute atomic E-state index is 0.287. The van der Waals surface area contributed by atoms with E-state index in [0.717, 1.165) is 58.5 Å². The van der Waals surface area contributed by atoms with Crippen LogP contribution in [0.3, 0.4) is 0 Å². The average molecular weight is 255 g/mol. The number of piperidine rings is 1. The molecule has 2 saturated heterocycles. The molecule has 0 bridgehead atoms.